The van der Waals surface area contributed by atoms with Crippen LogP contribution in [0.15, 0.2) is 33.9 Å². The number of nitrogens with zero attached hydrogens (tertiary/aromatic N) is 3. The van der Waals surface area contributed by atoms with Crippen LogP contribution in [0.3, 0.4) is 0 Å². The van der Waals surface area contributed by atoms with Gasteiger partial charge in [0.2, 0.25) is 5.28 Å². The highest BCUT2D eigenvalue weighted by Gasteiger charge is 2.17. The molecule has 0 unspecified atom stereocenters. The summed E-state index contributed by atoms with van der Waals surface area (Å²) in [4.78, 5) is 44.4. The van der Waals surface area contributed by atoms with Crippen molar-refractivity contribution >= 4 is 28.9 Å². The fourth-order valence-corrected chi connectivity index (χ4v) is 3.69. The summed E-state index contributed by atoms with van der Waals surface area (Å²) in [5.41, 5.74) is 1.64. The number of H-pyrrole nitrogens is 1. The molecule has 3 aromatic rings. The maximum absolute atomic E-state index is 12.9. The van der Waals surface area contributed by atoms with E-state index in [2.05, 4.69) is 28.3 Å². The van der Waals surface area contributed by atoms with Gasteiger partial charge in [-0.05, 0) is 36.9 Å². The third-order valence-electron chi connectivity index (χ3n) is 5.13. The van der Waals surface area contributed by atoms with Crippen LogP contribution in [0.4, 0.5) is 4.79 Å². The lowest BCUT2D eigenvalue weighted by molar-refractivity contribution is 0.141. The number of rotatable bonds is 10. The lowest BCUT2D eigenvalue weighted by atomic mass is 10.1. The van der Waals surface area contributed by atoms with E-state index in [-0.39, 0.29) is 29.6 Å². The molecule has 0 saturated heterocycles. The first-order valence-corrected chi connectivity index (χ1v) is 11.1. The number of carbonyl (C=O) groups excluding carboxylic acids is 1. The van der Waals surface area contributed by atoms with Gasteiger partial charge in [-0.25, -0.2) is 9.59 Å². The van der Waals surface area contributed by atoms with Gasteiger partial charge in [0.05, 0.1) is 6.54 Å². The van der Waals surface area contributed by atoms with Gasteiger partial charge in [-0.3, -0.25) is 13.9 Å². The van der Waals surface area contributed by atoms with Crippen molar-refractivity contribution in [3.05, 3.63) is 61.5 Å². The van der Waals surface area contributed by atoms with Crippen molar-refractivity contribution in [2.24, 2.45) is 0 Å². The minimum Gasteiger partial charge on any atom is -0.448 e. The molecule has 9 nitrogen and oxygen atoms in total. The van der Waals surface area contributed by atoms with Gasteiger partial charge < -0.3 is 15.0 Å². The standard InChI is InChI=1S/C22H28ClN5O4/c1-3-4-5-11-27-18-17(25-20(23)26-18)19(29)28(22(27)31)12-13-32-21(30)24-10-9-16-8-6-7-15(2)14-16/h6-8,14H,3-5,9-13H2,1-2H3,(H,24,30)(H,25,26). The van der Waals surface area contributed by atoms with Crippen molar-refractivity contribution in [2.75, 3.05) is 13.2 Å². The third-order valence-corrected chi connectivity index (χ3v) is 5.31. The molecule has 0 saturated carbocycles. The number of alkyl carbamates (subject to hydrolysis) is 1. The summed E-state index contributed by atoms with van der Waals surface area (Å²) in [7, 11) is 0. The molecular weight excluding hydrogens is 434 g/mol. The first-order chi connectivity index (χ1) is 15.4. The number of hydrogen-bond acceptors (Lipinski definition) is 5. The molecule has 0 bridgehead atoms. The summed E-state index contributed by atoms with van der Waals surface area (Å²) in [5.74, 6) is 0. The summed E-state index contributed by atoms with van der Waals surface area (Å²) in [6.45, 7) is 4.74. The van der Waals surface area contributed by atoms with Crippen LogP contribution < -0.4 is 16.6 Å². The predicted molar refractivity (Wildman–Crippen MR) is 123 cm³/mol. The second-order valence-corrected chi connectivity index (χ2v) is 7.98. The Hall–Kier alpha value is -3.07. The van der Waals surface area contributed by atoms with Gasteiger partial charge in [0, 0.05) is 13.1 Å². The van der Waals surface area contributed by atoms with E-state index in [1.54, 1.807) is 0 Å². The van der Waals surface area contributed by atoms with Crippen LogP contribution in [0.1, 0.15) is 37.3 Å². The Morgan fingerprint density at radius 1 is 1.22 bits per heavy atom. The highest BCUT2D eigenvalue weighted by atomic mass is 35.5. The molecule has 0 radical (unpaired) electrons. The van der Waals surface area contributed by atoms with Crippen molar-refractivity contribution in [1.82, 2.24) is 24.4 Å². The number of amides is 1. The number of benzene rings is 1. The van der Waals surface area contributed by atoms with Gasteiger partial charge in [0.1, 0.15) is 6.61 Å². The molecule has 2 aromatic heterocycles. The number of nitrogens with one attached hydrogen (secondary N) is 2. The quantitative estimate of drug-likeness (QED) is 0.356. The van der Waals surface area contributed by atoms with Crippen LogP contribution in [0, 0.1) is 6.92 Å². The Bertz CT molecular complexity index is 1200. The zero-order valence-corrected chi connectivity index (χ0v) is 19.1. The molecule has 3 rings (SSSR count). The molecule has 0 spiro atoms. The van der Waals surface area contributed by atoms with Crippen LogP contribution in [0.25, 0.3) is 11.2 Å². The van der Waals surface area contributed by atoms with Gasteiger partial charge in [-0.2, -0.15) is 4.98 Å². The topological polar surface area (TPSA) is 111 Å². The highest BCUT2D eigenvalue weighted by molar-refractivity contribution is 6.28. The van der Waals surface area contributed by atoms with Crippen molar-refractivity contribution in [2.45, 2.75) is 52.6 Å². The van der Waals surface area contributed by atoms with E-state index in [0.29, 0.717) is 19.5 Å². The predicted octanol–water partition coefficient (Wildman–Crippen LogP) is 3.01. The van der Waals surface area contributed by atoms with Crippen LogP contribution in [-0.2, 0) is 24.2 Å². The number of aryl methyl sites for hydroxylation is 2. The van der Waals surface area contributed by atoms with E-state index in [1.165, 1.54) is 4.57 Å². The number of halogens is 1. The Labute approximate surface area is 190 Å². The fraction of sp³-hybridized carbons (Fsp3) is 0.455. The summed E-state index contributed by atoms with van der Waals surface area (Å²) in [5, 5.41) is 2.72. The Balaban J connectivity index is 1.62. The van der Waals surface area contributed by atoms with E-state index >= 15 is 0 Å². The Morgan fingerprint density at radius 3 is 2.78 bits per heavy atom. The van der Waals surface area contributed by atoms with Gasteiger partial charge in [-0.1, -0.05) is 49.6 Å². The maximum Gasteiger partial charge on any atom is 0.407 e. The van der Waals surface area contributed by atoms with E-state index in [4.69, 9.17) is 16.3 Å². The summed E-state index contributed by atoms with van der Waals surface area (Å²) in [6, 6.07) is 8.04. The number of aromatic amines is 1. The lowest BCUT2D eigenvalue weighted by Crippen LogP contribution is -2.41. The number of unbranched alkanes of at least 4 members (excludes halogenated alkanes) is 2. The van der Waals surface area contributed by atoms with E-state index < -0.39 is 17.3 Å². The van der Waals surface area contributed by atoms with Gasteiger partial charge >= 0.3 is 11.8 Å². The Morgan fingerprint density at radius 2 is 2.03 bits per heavy atom. The second-order valence-electron chi connectivity index (χ2n) is 7.63. The lowest BCUT2D eigenvalue weighted by Gasteiger charge is -2.12. The molecule has 0 fully saturated rings. The van der Waals surface area contributed by atoms with Crippen LogP contribution >= 0.6 is 11.6 Å². The van der Waals surface area contributed by atoms with Crippen molar-refractivity contribution in [3.63, 3.8) is 0 Å². The van der Waals surface area contributed by atoms with Gasteiger partial charge in [0.25, 0.3) is 5.56 Å². The maximum atomic E-state index is 12.9. The molecule has 0 atom stereocenters. The van der Waals surface area contributed by atoms with E-state index in [0.717, 1.165) is 35.0 Å². The Kier molecular flexibility index (Phi) is 8.10. The molecule has 0 aliphatic heterocycles. The van der Waals surface area contributed by atoms with Crippen LogP contribution in [-0.4, -0.2) is 38.3 Å². The molecule has 32 heavy (non-hydrogen) atoms. The first-order valence-electron chi connectivity index (χ1n) is 10.8. The molecule has 1 amide bonds. The number of carbonyl (C=O) groups is 1. The fourth-order valence-electron chi connectivity index (χ4n) is 3.51. The number of aromatic nitrogens is 4. The molecule has 10 heteroatoms. The van der Waals surface area contributed by atoms with Gasteiger partial charge in [0.15, 0.2) is 11.2 Å². The highest BCUT2D eigenvalue weighted by Crippen LogP contribution is 2.10. The number of imidazole rings is 1. The van der Waals surface area contributed by atoms with Gasteiger partial charge in [-0.15, -0.1) is 0 Å². The smallest absolute Gasteiger partial charge is 0.407 e. The van der Waals surface area contributed by atoms with Crippen LogP contribution in [0.5, 0.6) is 0 Å². The molecule has 0 aliphatic carbocycles. The average molecular weight is 462 g/mol. The number of fused-ring (bicyclic) bond motifs is 1. The molecule has 172 valence electrons. The zero-order chi connectivity index (χ0) is 23.1. The monoisotopic (exact) mass is 461 g/mol. The van der Waals surface area contributed by atoms with E-state index in [1.807, 2.05) is 25.1 Å². The van der Waals surface area contributed by atoms with Crippen molar-refractivity contribution in [3.8, 4) is 0 Å². The normalized spacial score (nSPS) is 11.1. The minimum atomic E-state index is -0.598. The molecule has 2 N–H and O–H groups in total. The number of ether oxygens (including phenoxy) is 1. The average Bonchev–Trinajstić information content (AvgIpc) is 3.14. The van der Waals surface area contributed by atoms with Crippen LogP contribution in [0.2, 0.25) is 5.28 Å². The summed E-state index contributed by atoms with van der Waals surface area (Å²) < 4.78 is 7.65. The van der Waals surface area contributed by atoms with E-state index in [9.17, 15) is 14.4 Å². The molecule has 1 aromatic carbocycles. The minimum absolute atomic E-state index is 0.0442. The molecule has 2 heterocycles. The SMILES string of the molecule is CCCCCn1c(=O)n(CCOC(=O)NCCc2cccc(C)c2)c(=O)c2[nH]c(Cl)nc21. The summed E-state index contributed by atoms with van der Waals surface area (Å²) >= 11 is 5.93. The van der Waals surface area contributed by atoms with Crippen molar-refractivity contribution in [1.29, 1.82) is 0 Å². The molecular formula is C22H28ClN5O4. The molecule has 0 aliphatic rings. The largest absolute Gasteiger partial charge is 0.448 e. The summed E-state index contributed by atoms with van der Waals surface area (Å²) in [6.07, 6.45) is 2.78. The number of hydrogen-bond donors (Lipinski definition) is 2. The second kappa shape index (κ2) is 11.0. The third kappa shape index (κ3) is 5.79. The van der Waals surface area contributed by atoms with Crippen molar-refractivity contribution < 1.29 is 9.53 Å². The first kappa shape index (κ1) is 23.6. The zero-order valence-electron chi connectivity index (χ0n) is 18.3.